The smallest absolute Gasteiger partial charge is 0.251 e. The van der Waals surface area contributed by atoms with Crippen LogP contribution in [0.4, 0.5) is 0 Å². The van der Waals surface area contributed by atoms with Crippen LogP contribution in [-0.4, -0.2) is 4.57 Å². The molecule has 0 spiro atoms. The number of benzene rings is 1. The van der Waals surface area contributed by atoms with E-state index in [9.17, 15) is 4.79 Å². The van der Waals surface area contributed by atoms with Gasteiger partial charge >= 0.3 is 0 Å². The second-order valence-electron chi connectivity index (χ2n) is 3.79. The highest BCUT2D eigenvalue weighted by Crippen LogP contribution is 2.34. The van der Waals surface area contributed by atoms with Crippen molar-refractivity contribution < 1.29 is 0 Å². The molecule has 2 aromatic rings. The van der Waals surface area contributed by atoms with Crippen LogP contribution in [-0.2, 0) is 6.54 Å². The topological polar surface area (TPSA) is 48.0 Å². The van der Waals surface area contributed by atoms with Gasteiger partial charge in [0.15, 0.2) is 0 Å². The Balaban J connectivity index is 2.59. The Morgan fingerprint density at radius 3 is 2.87 bits per heavy atom. The average Bonchev–Trinajstić information content (AvgIpc) is 2.56. The van der Waals surface area contributed by atoms with Crippen molar-refractivity contribution in [3.05, 3.63) is 45.2 Å². The van der Waals surface area contributed by atoms with Crippen LogP contribution in [0.15, 0.2) is 29.1 Å². The highest BCUT2D eigenvalue weighted by molar-refractivity contribution is 6.32. The van der Waals surface area contributed by atoms with Crippen molar-refractivity contribution in [2.75, 3.05) is 0 Å². The summed E-state index contributed by atoms with van der Waals surface area (Å²) in [5, 5.41) is 1.66. The molecule has 76 valence electrons. The molecule has 2 N–H and O–H groups in total. The molecule has 0 saturated heterocycles. The molecule has 1 unspecified atom stereocenters. The first-order valence-corrected chi connectivity index (χ1v) is 5.14. The van der Waals surface area contributed by atoms with E-state index in [4.69, 9.17) is 17.3 Å². The van der Waals surface area contributed by atoms with Crippen molar-refractivity contribution in [1.29, 1.82) is 0 Å². The molecule has 0 bridgehead atoms. The summed E-state index contributed by atoms with van der Waals surface area (Å²) in [5.41, 5.74) is 7.74. The number of pyridine rings is 1. The number of rotatable bonds is 0. The minimum absolute atomic E-state index is 0.0148. The lowest BCUT2D eigenvalue weighted by Gasteiger charge is -2.05. The Kier molecular flexibility index (Phi) is 1.69. The van der Waals surface area contributed by atoms with Gasteiger partial charge in [0.1, 0.15) is 0 Å². The van der Waals surface area contributed by atoms with Gasteiger partial charge in [0.05, 0.1) is 11.6 Å². The molecule has 1 atom stereocenters. The van der Waals surface area contributed by atoms with Crippen LogP contribution in [0.2, 0.25) is 5.02 Å². The summed E-state index contributed by atoms with van der Waals surface area (Å²) in [6, 6.07) is 6.95. The van der Waals surface area contributed by atoms with E-state index in [0.717, 1.165) is 16.5 Å². The molecule has 1 aromatic heterocycles. The van der Waals surface area contributed by atoms with Crippen molar-refractivity contribution in [2.45, 2.75) is 12.6 Å². The standard InChI is InChI=1S/C11H9ClN2O/c12-7-3-1-6-2-4-9(15)14-5-8(13)10(7)11(6)14/h1-4,8H,5,13H2. The summed E-state index contributed by atoms with van der Waals surface area (Å²) in [5.74, 6) is 0. The van der Waals surface area contributed by atoms with Crippen LogP contribution in [0.1, 0.15) is 11.6 Å². The fourth-order valence-electron chi connectivity index (χ4n) is 2.22. The first kappa shape index (κ1) is 8.95. The third kappa shape index (κ3) is 1.07. The van der Waals surface area contributed by atoms with E-state index in [0.29, 0.717) is 11.6 Å². The minimum Gasteiger partial charge on any atom is -0.322 e. The Hall–Kier alpha value is -1.32. The maximum absolute atomic E-state index is 11.6. The molecule has 1 aliphatic rings. The van der Waals surface area contributed by atoms with Gasteiger partial charge in [-0.25, -0.2) is 0 Å². The fourth-order valence-corrected chi connectivity index (χ4v) is 2.51. The Morgan fingerprint density at radius 2 is 2.07 bits per heavy atom. The average molecular weight is 221 g/mol. The van der Waals surface area contributed by atoms with Gasteiger partial charge in [-0.2, -0.15) is 0 Å². The quantitative estimate of drug-likeness (QED) is 0.734. The van der Waals surface area contributed by atoms with Gasteiger partial charge in [-0.3, -0.25) is 4.79 Å². The zero-order valence-corrected chi connectivity index (χ0v) is 8.66. The van der Waals surface area contributed by atoms with Crippen LogP contribution in [0.5, 0.6) is 0 Å². The maximum atomic E-state index is 11.6. The summed E-state index contributed by atoms with van der Waals surface area (Å²) >= 11 is 6.09. The molecule has 0 radical (unpaired) electrons. The van der Waals surface area contributed by atoms with Gasteiger partial charge in [-0.1, -0.05) is 17.7 Å². The molecule has 15 heavy (non-hydrogen) atoms. The Bertz CT molecular complexity index is 618. The molecule has 0 saturated carbocycles. The van der Waals surface area contributed by atoms with E-state index in [1.54, 1.807) is 10.6 Å². The third-order valence-corrected chi connectivity index (χ3v) is 3.22. The first-order chi connectivity index (χ1) is 7.18. The second kappa shape index (κ2) is 2.84. The van der Waals surface area contributed by atoms with E-state index in [-0.39, 0.29) is 11.6 Å². The number of nitrogens with zero attached hydrogens (tertiary/aromatic N) is 1. The first-order valence-electron chi connectivity index (χ1n) is 4.76. The summed E-state index contributed by atoms with van der Waals surface area (Å²) in [6.45, 7) is 0.523. The van der Waals surface area contributed by atoms with E-state index in [1.165, 1.54) is 0 Å². The second-order valence-corrected chi connectivity index (χ2v) is 4.19. The van der Waals surface area contributed by atoms with Crippen molar-refractivity contribution in [3.8, 4) is 0 Å². The Morgan fingerprint density at radius 1 is 1.33 bits per heavy atom. The summed E-state index contributed by atoms with van der Waals surface area (Å²) in [6.07, 6.45) is 0. The van der Waals surface area contributed by atoms with Gasteiger partial charge in [-0.05, 0) is 17.5 Å². The van der Waals surface area contributed by atoms with Crippen LogP contribution < -0.4 is 11.3 Å². The number of aromatic nitrogens is 1. The summed E-state index contributed by atoms with van der Waals surface area (Å²) < 4.78 is 1.70. The van der Waals surface area contributed by atoms with Crippen LogP contribution >= 0.6 is 11.6 Å². The van der Waals surface area contributed by atoms with E-state index in [1.807, 2.05) is 18.2 Å². The van der Waals surface area contributed by atoms with Gasteiger partial charge in [0.25, 0.3) is 5.56 Å². The zero-order valence-electron chi connectivity index (χ0n) is 7.90. The highest BCUT2D eigenvalue weighted by Gasteiger charge is 2.24. The molecular formula is C11H9ClN2O. The van der Waals surface area contributed by atoms with Gasteiger partial charge < -0.3 is 10.3 Å². The summed E-state index contributed by atoms with van der Waals surface area (Å²) in [4.78, 5) is 11.6. The predicted octanol–water partition coefficient (Wildman–Crippen LogP) is 1.67. The molecule has 2 heterocycles. The number of halogens is 1. The SMILES string of the molecule is NC1Cn2c(=O)ccc3ccc(Cl)c1c32. The third-order valence-electron chi connectivity index (χ3n) is 2.89. The van der Waals surface area contributed by atoms with Crippen molar-refractivity contribution in [1.82, 2.24) is 4.57 Å². The molecule has 3 rings (SSSR count). The molecule has 3 nitrogen and oxygen atoms in total. The van der Waals surface area contributed by atoms with Gasteiger partial charge in [-0.15, -0.1) is 0 Å². The number of nitrogens with two attached hydrogens (primary N) is 1. The number of hydrogen-bond acceptors (Lipinski definition) is 2. The van der Waals surface area contributed by atoms with Crippen molar-refractivity contribution in [2.24, 2.45) is 5.73 Å². The normalized spacial score (nSPS) is 18.7. The molecule has 4 heteroatoms. The predicted molar refractivity (Wildman–Crippen MR) is 60.1 cm³/mol. The highest BCUT2D eigenvalue weighted by atomic mass is 35.5. The van der Waals surface area contributed by atoms with Crippen molar-refractivity contribution in [3.63, 3.8) is 0 Å². The fraction of sp³-hybridized carbons (Fsp3) is 0.182. The number of hydrogen-bond donors (Lipinski definition) is 1. The van der Waals surface area contributed by atoms with Crippen LogP contribution in [0, 0.1) is 0 Å². The van der Waals surface area contributed by atoms with E-state index < -0.39 is 0 Å². The summed E-state index contributed by atoms with van der Waals surface area (Å²) in [7, 11) is 0. The largest absolute Gasteiger partial charge is 0.322 e. The van der Waals surface area contributed by atoms with Crippen LogP contribution in [0.3, 0.4) is 0 Å². The van der Waals surface area contributed by atoms with E-state index in [2.05, 4.69) is 0 Å². The van der Waals surface area contributed by atoms with E-state index >= 15 is 0 Å². The molecule has 1 aromatic carbocycles. The molecular weight excluding hydrogens is 212 g/mol. The lowest BCUT2D eigenvalue weighted by Crippen LogP contribution is -2.19. The Labute approximate surface area is 91.1 Å². The van der Waals surface area contributed by atoms with Crippen LogP contribution in [0.25, 0.3) is 10.9 Å². The lowest BCUT2D eigenvalue weighted by molar-refractivity contribution is 0.621. The molecule has 1 aliphatic heterocycles. The minimum atomic E-state index is -0.170. The molecule has 0 fully saturated rings. The lowest BCUT2D eigenvalue weighted by atomic mass is 10.1. The zero-order chi connectivity index (χ0) is 10.6. The van der Waals surface area contributed by atoms with Gasteiger partial charge in [0.2, 0.25) is 0 Å². The monoisotopic (exact) mass is 220 g/mol. The molecule has 0 amide bonds. The maximum Gasteiger partial charge on any atom is 0.251 e. The van der Waals surface area contributed by atoms with Gasteiger partial charge in [0, 0.05) is 23.2 Å². The molecule has 0 aliphatic carbocycles. The van der Waals surface area contributed by atoms with Crippen molar-refractivity contribution >= 4 is 22.5 Å².